The number of hydrogen-bond acceptors (Lipinski definition) is 10. The van der Waals surface area contributed by atoms with Crippen LogP contribution in [0.15, 0.2) is 134 Å². The molecule has 0 aliphatic heterocycles. The first-order chi connectivity index (χ1) is 33.0. The number of benzene rings is 4. The number of esters is 2. The number of amides is 1. The number of fused-ring (bicyclic) bond motifs is 2. The highest BCUT2D eigenvalue weighted by Crippen LogP contribution is 2.27. The summed E-state index contributed by atoms with van der Waals surface area (Å²) in [5.74, 6) is 2.45. The Morgan fingerprint density at radius 3 is 1.43 bits per heavy atom. The molecule has 68 heavy (non-hydrogen) atoms. The van der Waals surface area contributed by atoms with Gasteiger partial charge in [-0.15, -0.1) is 6.58 Å². The Morgan fingerprint density at radius 1 is 0.647 bits per heavy atom. The lowest BCUT2D eigenvalue weighted by Crippen LogP contribution is -2.13. The van der Waals surface area contributed by atoms with Gasteiger partial charge in [-0.2, -0.15) is 0 Å². The number of hydrogen-bond donors (Lipinski definition) is 1. The zero-order valence-corrected chi connectivity index (χ0v) is 41.4. The predicted molar refractivity (Wildman–Crippen MR) is 276 cm³/mol. The van der Waals surface area contributed by atoms with Gasteiger partial charge in [0, 0.05) is 19.9 Å². The second-order valence-corrected chi connectivity index (χ2v) is 15.4. The lowest BCUT2D eigenvalue weighted by molar-refractivity contribution is -0.128. The fourth-order valence-electron chi connectivity index (χ4n) is 6.33. The van der Waals surface area contributed by atoms with Gasteiger partial charge in [0.25, 0.3) is 6.47 Å². The van der Waals surface area contributed by atoms with Crippen LogP contribution in [0.5, 0.6) is 11.5 Å². The van der Waals surface area contributed by atoms with Gasteiger partial charge in [-0.25, -0.2) is 9.59 Å². The molecule has 0 aromatic heterocycles. The van der Waals surface area contributed by atoms with Crippen LogP contribution in [0.1, 0.15) is 132 Å². The molecule has 1 aliphatic carbocycles. The molecule has 0 saturated carbocycles. The first-order valence-electron chi connectivity index (χ1n) is 23.8. The predicted octanol–water partition coefficient (Wildman–Crippen LogP) is 13.6. The van der Waals surface area contributed by atoms with E-state index in [9.17, 15) is 19.2 Å². The highest BCUT2D eigenvalue weighted by atomic mass is 16.5. The van der Waals surface area contributed by atoms with Gasteiger partial charge in [0.05, 0.1) is 30.9 Å². The van der Waals surface area contributed by atoms with Crippen molar-refractivity contribution in [3.05, 3.63) is 146 Å². The molecule has 1 atom stereocenters. The van der Waals surface area contributed by atoms with E-state index in [1.807, 2.05) is 81.4 Å². The first-order valence-corrected chi connectivity index (χ1v) is 23.8. The number of nitrogens with one attached hydrogen (secondary N) is 1. The van der Waals surface area contributed by atoms with Gasteiger partial charge in [-0.05, 0) is 139 Å². The Morgan fingerprint density at radius 2 is 1.06 bits per heavy atom. The van der Waals surface area contributed by atoms with Crippen LogP contribution in [0.2, 0.25) is 0 Å². The molecule has 4 aromatic rings. The van der Waals surface area contributed by atoms with Crippen LogP contribution in [0, 0.1) is 5.92 Å². The molecule has 4 aromatic carbocycles. The smallest absolute Gasteiger partial charge is 0.343 e. The number of carbonyl (C=O) groups is 5. The first kappa shape index (κ1) is 59.3. The van der Waals surface area contributed by atoms with Crippen molar-refractivity contribution in [3.8, 4) is 11.5 Å². The minimum atomic E-state index is -0.442. The SMILES string of the molecule is C=CC.C=CC(=O)NC.C=CC=O.CC.CCC(C)CCCCCCOc1ccc2cc(C(=O)OC3=CC=C(OC(=O)c4ccc5cc(OCCCCCCOC=O)ccc5c4)CC3)ccc2c1. The van der Waals surface area contributed by atoms with E-state index in [0.717, 1.165) is 71.1 Å². The molecule has 11 nitrogen and oxygen atoms in total. The van der Waals surface area contributed by atoms with Crippen LogP contribution < -0.4 is 14.8 Å². The van der Waals surface area contributed by atoms with Gasteiger partial charge < -0.3 is 29.0 Å². The molecule has 0 heterocycles. The van der Waals surface area contributed by atoms with Gasteiger partial charge in [0.2, 0.25) is 5.91 Å². The van der Waals surface area contributed by atoms with Crippen LogP contribution in [0.3, 0.4) is 0 Å². The number of aldehydes is 1. The maximum Gasteiger partial charge on any atom is 0.343 e. The molecule has 1 unspecified atom stereocenters. The molecule has 11 heteroatoms. The second-order valence-electron chi connectivity index (χ2n) is 15.4. The quantitative estimate of drug-likeness (QED) is 0.0180. The molecule has 1 aliphatic rings. The third kappa shape index (κ3) is 24.7. The van der Waals surface area contributed by atoms with E-state index >= 15 is 0 Å². The molecule has 5 rings (SSSR count). The summed E-state index contributed by atoms with van der Waals surface area (Å²) >= 11 is 0. The number of carbonyl (C=O) groups excluding carboxylic acids is 5. The third-order valence-corrected chi connectivity index (χ3v) is 10.2. The van der Waals surface area contributed by atoms with Crippen molar-refractivity contribution < 1.29 is 47.7 Å². The van der Waals surface area contributed by atoms with Crippen molar-refractivity contribution in [2.24, 2.45) is 5.92 Å². The number of ether oxygens (including phenoxy) is 5. The highest BCUT2D eigenvalue weighted by Gasteiger charge is 2.18. The van der Waals surface area contributed by atoms with Crippen LogP contribution in [-0.4, -0.2) is 57.5 Å². The fourth-order valence-corrected chi connectivity index (χ4v) is 6.33. The van der Waals surface area contributed by atoms with Crippen molar-refractivity contribution in [1.29, 1.82) is 0 Å². The maximum atomic E-state index is 13.0. The highest BCUT2D eigenvalue weighted by molar-refractivity contribution is 5.97. The van der Waals surface area contributed by atoms with Crippen molar-refractivity contribution in [3.63, 3.8) is 0 Å². The van der Waals surface area contributed by atoms with Gasteiger partial charge >= 0.3 is 11.9 Å². The topological polar surface area (TPSA) is 144 Å². The minimum absolute atomic E-state index is 0.144. The molecular formula is C57H75NO10. The van der Waals surface area contributed by atoms with Crippen molar-refractivity contribution in [2.75, 3.05) is 26.9 Å². The summed E-state index contributed by atoms with van der Waals surface area (Å²) in [6.45, 7) is 22.4. The van der Waals surface area contributed by atoms with Crippen LogP contribution in [0.25, 0.3) is 21.5 Å². The number of rotatable bonds is 24. The number of allylic oxidation sites excluding steroid dienone is 6. The summed E-state index contributed by atoms with van der Waals surface area (Å²) in [6.07, 6.45) is 20.1. The summed E-state index contributed by atoms with van der Waals surface area (Å²) < 4.78 is 28.0. The molecule has 0 spiro atoms. The molecule has 1 amide bonds. The van der Waals surface area contributed by atoms with Crippen LogP contribution in [0.4, 0.5) is 0 Å². The Kier molecular flexibility index (Phi) is 32.6. The number of likely N-dealkylation sites (N-methyl/N-ethyl adjacent to an activating group) is 1. The summed E-state index contributed by atoms with van der Waals surface area (Å²) in [5.41, 5.74) is 0.917. The van der Waals surface area contributed by atoms with Crippen molar-refractivity contribution >= 4 is 52.1 Å². The average molecular weight is 934 g/mol. The monoisotopic (exact) mass is 934 g/mol. The second kappa shape index (κ2) is 37.4. The Balaban J connectivity index is 0.00000135. The van der Waals surface area contributed by atoms with E-state index < -0.39 is 11.9 Å². The number of unbranched alkanes of at least 4 members (excludes halogenated alkanes) is 6. The van der Waals surface area contributed by atoms with E-state index in [-0.39, 0.29) is 5.91 Å². The van der Waals surface area contributed by atoms with Crippen LogP contribution >= 0.6 is 0 Å². The van der Waals surface area contributed by atoms with E-state index in [1.165, 1.54) is 44.3 Å². The van der Waals surface area contributed by atoms with E-state index in [2.05, 4.69) is 38.9 Å². The van der Waals surface area contributed by atoms with Gasteiger partial charge in [-0.3, -0.25) is 14.4 Å². The van der Waals surface area contributed by atoms with E-state index in [1.54, 1.807) is 37.4 Å². The minimum Gasteiger partial charge on any atom is -0.494 e. The zero-order valence-electron chi connectivity index (χ0n) is 41.4. The molecule has 0 fully saturated rings. The summed E-state index contributed by atoms with van der Waals surface area (Å²) in [4.78, 5) is 55.2. The van der Waals surface area contributed by atoms with Crippen molar-refractivity contribution in [2.45, 2.75) is 112 Å². The lowest BCUT2D eigenvalue weighted by atomic mass is 10.0. The van der Waals surface area contributed by atoms with Gasteiger partial charge in [0.1, 0.15) is 29.3 Å². The normalized spacial score (nSPS) is 11.4. The molecule has 0 bridgehead atoms. The maximum absolute atomic E-state index is 13.0. The Hall–Kier alpha value is -6.75. The largest absolute Gasteiger partial charge is 0.494 e. The summed E-state index contributed by atoms with van der Waals surface area (Å²) in [7, 11) is 1.56. The molecule has 1 N–H and O–H groups in total. The molecule has 368 valence electrons. The molecule has 0 saturated heterocycles. The summed E-state index contributed by atoms with van der Waals surface area (Å²) in [5, 5.41) is 6.17. The zero-order chi connectivity index (χ0) is 50.4. The Labute approximate surface area is 405 Å². The van der Waals surface area contributed by atoms with Crippen LogP contribution in [-0.2, 0) is 28.6 Å². The standard InChI is InChI=1S/C45H52O8.C4H7NO.C3H4O.C3H6.C2H6/c1-3-33(2)12-8-4-5-10-26-50-42-19-17-34-28-38(15-13-36(34)30-42)44(47)52-40-21-23-41(24-22-40)53-45(48)39-16-14-37-31-43(20-18-35(37)29-39)51-27-11-7-6-9-25-49-32-46;1-3-4(6)5-2;1-2-3-4;1-3-2;1-2/h13-21,23,28-33H,3-12,22,24-27H2,1-2H3;3H,1H2,2H3,(H,5,6);2-3H,1H2;3H,1H2,2H3;1-2H3. The van der Waals surface area contributed by atoms with E-state index in [0.29, 0.717) is 68.1 Å². The third-order valence-electron chi connectivity index (χ3n) is 10.2. The van der Waals surface area contributed by atoms with Gasteiger partial charge in [0.15, 0.2) is 0 Å². The molecular weight excluding hydrogens is 859 g/mol. The van der Waals surface area contributed by atoms with Crippen molar-refractivity contribution in [1.82, 2.24) is 5.32 Å². The van der Waals surface area contributed by atoms with Gasteiger partial charge in [-0.1, -0.05) is 103 Å². The van der Waals surface area contributed by atoms with E-state index in [4.69, 9.17) is 28.5 Å². The molecule has 0 radical (unpaired) electrons. The fraction of sp³-hybridized carbons (Fsp3) is 0.386. The lowest BCUT2D eigenvalue weighted by Gasteiger charge is -2.15. The average Bonchev–Trinajstić information content (AvgIpc) is 3.37. The summed E-state index contributed by atoms with van der Waals surface area (Å²) in [6, 6.07) is 22.7. The Bertz CT molecular complexity index is 2220.